The van der Waals surface area contributed by atoms with Crippen LogP contribution >= 0.6 is 0 Å². The molecule has 0 aromatic heterocycles. The normalized spacial score (nSPS) is 11.8. The average molecular weight is 333 g/mol. The van der Waals surface area contributed by atoms with E-state index < -0.39 is 23.8 Å². The van der Waals surface area contributed by atoms with Crippen molar-refractivity contribution in [1.29, 1.82) is 0 Å². The molecule has 0 aliphatic heterocycles. The first-order valence-electron chi connectivity index (χ1n) is 7.63. The maximum atomic E-state index is 13.5. The van der Waals surface area contributed by atoms with Gasteiger partial charge < -0.3 is 14.9 Å². The molecule has 2 aromatic rings. The van der Waals surface area contributed by atoms with Gasteiger partial charge in [0.2, 0.25) is 0 Å². The number of hydrogen-bond donors (Lipinski definition) is 3. The molecule has 0 unspecified atom stereocenters. The second-order valence-corrected chi connectivity index (χ2v) is 5.46. The molecule has 0 saturated carbocycles. The van der Waals surface area contributed by atoms with Gasteiger partial charge in [0, 0.05) is 12.3 Å². The average Bonchev–Trinajstić information content (AvgIpc) is 2.56. The van der Waals surface area contributed by atoms with Crippen LogP contribution in [0.2, 0.25) is 0 Å². The number of aromatic hydroxyl groups is 1. The van der Waals surface area contributed by atoms with E-state index in [2.05, 4.69) is 5.32 Å². The Morgan fingerprint density at radius 1 is 1.25 bits per heavy atom. The molecule has 3 N–H and O–H groups in total. The number of carbonyl (C=O) groups excluding carboxylic acids is 1. The van der Waals surface area contributed by atoms with Crippen molar-refractivity contribution in [2.24, 2.45) is 0 Å². The third-order valence-corrected chi connectivity index (χ3v) is 3.52. The zero-order valence-electron chi connectivity index (χ0n) is 13.3. The molecule has 0 radical (unpaired) electrons. The van der Waals surface area contributed by atoms with Gasteiger partial charge in [0.05, 0.1) is 0 Å². The molecule has 1 amide bonds. The molecular weight excluding hydrogens is 313 g/mol. The third-order valence-electron chi connectivity index (χ3n) is 3.52. The maximum Gasteiger partial charge on any atom is 0.412 e. The van der Waals surface area contributed by atoms with Crippen molar-refractivity contribution in [1.82, 2.24) is 0 Å². The van der Waals surface area contributed by atoms with E-state index in [9.17, 15) is 14.3 Å². The predicted octanol–water partition coefficient (Wildman–Crippen LogP) is 3.90. The van der Waals surface area contributed by atoms with Gasteiger partial charge in [0.15, 0.2) is 11.6 Å². The number of halogens is 1. The first-order valence-corrected chi connectivity index (χ1v) is 7.63. The van der Waals surface area contributed by atoms with Crippen LogP contribution in [0, 0.1) is 12.7 Å². The Kier molecular flexibility index (Phi) is 6.14. The van der Waals surface area contributed by atoms with Crippen molar-refractivity contribution in [3.8, 4) is 5.75 Å². The number of anilines is 1. The highest BCUT2D eigenvalue weighted by Crippen LogP contribution is 2.27. The summed E-state index contributed by atoms with van der Waals surface area (Å²) in [4.78, 5) is 12.1. The molecule has 0 aliphatic rings. The van der Waals surface area contributed by atoms with Crippen LogP contribution in [0.25, 0.3) is 0 Å². The van der Waals surface area contributed by atoms with Gasteiger partial charge in [-0.25, -0.2) is 9.18 Å². The molecule has 0 bridgehead atoms. The van der Waals surface area contributed by atoms with Crippen LogP contribution in [0.15, 0.2) is 42.5 Å². The SMILES string of the molecule is Cc1ccc(NC(=O)O[C@@H](CCCO)c2ccc(O)c(F)c2)cc1. The molecule has 24 heavy (non-hydrogen) atoms. The highest BCUT2D eigenvalue weighted by atomic mass is 19.1. The third kappa shape index (κ3) is 4.96. The summed E-state index contributed by atoms with van der Waals surface area (Å²) in [5.74, 6) is -1.26. The highest BCUT2D eigenvalue weighted by Gasteiger charge is 2.18. The van der Waals surface area contributed by atoms with Gasteiger partial charge in [-0.2, -0.15) is 0 Å². The van der Waals surface area contributed by atoms with Gasteiger partial charge in [-0.3, -0.25) is 5.32 Å². The minimum Gasteiger partial charge on any atom is -0.505 e. The van der Waals surface area contributed by atoms with E-state index in [0.717, 1.165) is 11.6 Å². The summed E-state index contributed by atoms with van der Waals surface area (Å²) in [6, 6.07) is 11.0. The number of benzene rings is 2. The lowest BCUT2D eigenvalue weighted by molar-refractivity contribution is 0.0992. The molecule has 0 spiro atoms. The number of nitrogens with one attached hydrogen (secondary N) is 1. The van der Waals surface area contributed by atoms with Gasteiger partial charge in [-0.05, 0) is 49.6 Å². The lowest BCUT2D eigenvalue weighted by Crippen LogP contribution is -2.18. The van der Waals surface area contributed by atoms with Gasteiger partial charge in [0.1, 0.15) is 6.10 Å². The fourth-order valence-electron chi connectivity index (χ4n) is 2.21. The Morgan fingerprint density at radius 3 is 2.58 bits per heavy atom. The number of aliphatic hydroxyl groups is 1. The molecule has 0 aliphatic carbocycles. The quantitative estimate of drug-likeness (QED) is 0.749. The van der Waals surface area contributed by atoms with Crippen molar-refractivity contribution in [3.63, 3.8) is 0 Å². The Morgan fingerprint density at radius 2 is 1.96 bits per heavy atom. The second-order valence-electron chi connectivity index (χ2n) is 5.46. The van der Waals surface area contributed by atoms with Crippen LogP contribution in [0.5, 0.6) is 5.75 Å². The fraction of sp³-hybridized carbons (Fsp3) is 0.278. The summed E-state index contributed by atoms with van der Waals surface area (Å²) >= 11 is 0. The molecule has 2 aromatic carbocycles. The zero-order chi connectivity index (χ0) is 17.5. The smallest absolute Gasteiger partial charge is 0.412 e. The highest BCUT2D eigenvalue weighted by molar-refractivity contribution is 5.84. The number of amides is 1. The standard InChI is InChI=1S/C18H20FNO4/c1-12-4-7-14(8-5-12)20-18(23)24-17(3-2-10-21)13-6-9-16(22)15(19)11-13/h4-9,11,17,21-22H,2-3,10H2,1H3,(H,20,23)/t17-/m0/s1. The summed E-state index contributed by atoms with van der Waals surface area (Å²) in [7, 11) is 0. The van der Waals surface area contributed by atoms with Crippen LogP contribution in [0.1, 0.15) is 30.1 Å². The maximum absolute atomic E-state index is 13.5. The largest absolute Gasteiger partial charge is 0.505 e. The van der Waals surface area contributed by atoms with Crippen molar-refractivity contribution >= 4 is 11.8 Å². The van der Waals surface area contributed by atoms with Crippen molar-refractivity contribution in [2.45, 2.75) is 25.9 Å². The molecule has 5 nitrogen and oxygen atoms in total. The van der Waals surface area contributed by atoms with E-state index >= 15 is 0 Å². The van der Waals surface area contributed by atoms with Gasteiger partial charge in [-0.1, -0.05) is 23.8 Å². The van der Waals surface area contributed by atoms with Crippen LogP contribution in [-0.4, -0.2) is 22.9 Å². The lowest BCUT2D eigenvalue weighted by Gasteiger charge is -2.18. The van der Waals surface area contributed by atoms with E-state index in [1.165, 1.54) is 12.1 Å². The van der Waals surface area contributed by atoms with Gasteiger partial charge in [-0.15, -0.1) is 0 Å². The molecule has 6 heteroatoms. The Bertz CT molecular complexity index is 688. The van der Waals surface area contributed by atoms with Crippen LogP contribution in [0.4, 0.5) is 14.9 Å². The summed E-state index contributed by atoms with van der Waals surface area (Å²) in [6.45, 7) is 1.87. The Hall–Kier alpha value is -2.60. The number of hydrogen-bond acceptors (Lipinski definition) is 4. The summed E-state index contributed by atoms with van der Waals surface area (Å²) in [5.41, 5.74) is 2.07. The van der Waals surface area contributed by atoms with E-state index in [-0.39, 0.29) is 6.61 Å². The number of phenolic OH excluding ortho intramolecular Hbond substituents is 1. The minimum absolute atomic E-state index is 0.0694. The molecule has 0 saturated heterocycles. The number of aryl methyl sites for hydroxylation is 1. The summed E-state index contributed by atoms with van der Waals surface area (Å²) < 4.78 is 18.9. The molecule has 0 heterocycles. The van der Waals surface area contributed by atoms with Crippen LogP contribution in [0.3, 0.4) is 0 Å². The Labute approximate surface area is 139 Å². The first-order chi connectivity index (χ1) is 11.5. The van der Waals surface area contributed by atoms with E-state index in [1.54, 1.807) is 12.1 Å². The molecular formula is C18H20FNO4. The lowest BCUT2D eigenvalue weighted by atomic mass is 10.0. The number of rotatable bonds is 6. The minimum atomic E-state index is -0.788. The fourth-order valence-corrected chi connectivity index (χ4v) is 2.21. The van der Waals surface area contributed by atoms with Crippen molar-refractivity contribution < 1.29 is 24.1 Å². The van der Waals surface area contributed by atoms with Crippen LogP contribution < -0.4 is 5.32 Å². The summed E-state index contributed by atoms with van der Waals surface area (Å²) in [5, 5.41) is 20.9. The number of carbonyl (C=O) groups is 1. The first kappa shape index (κ1) is 17.7. The van der Waals surface area contributed by atoms with Gasteiger partial charge in [0.25, 0.3) is 0 Å². The topological polar surface area (TPSA) is 78.8 Å². The van der Waals surface area contributed by atoms with E-state index in [4.69, 9.17) is 9.84 Å². The van der Waals surface area contributed by atoms with E-state index in [1.807, 2.05) is 19.1 Å². The van der Waals surface area contributed by atoms with Gasteiger partial charge >= 0.3 is 6.09 Å². The second kappa shape index (κ2) is 8.31. The monoisotopic (exact) mass is 333 g/mol. The Balaban J connectivity index is 2.08. The summed E-state index contributed by atoms with van der Waals surface area (Å²) in [6.07, 6.45) is -0.666. The number of ether oxygens (including phenoxy) is 1. The zero-order valence-corrected chi connectivity index (χ0v) is 13.3. The molecule has 1 atom stereocenters. The molecule has 128 valence electrons. The van der Waals surface area contributed by atoms with Crippen LogP contribution in [-0.2, 0) is 4.74 Å². The van der Waals surface area contributed by atoms with Crippen molar-refractivity contribution in [3.05, 3.63) is 59.4 Å². The molecule has 2 rings (SSSR count). The number of aliphatic hydroxyl groups excluding tert-OH is 1. The molecule has 0 fully saturated rings. The van der Waals surface area contributed by atoms with Crippen molar-refractivity contribution in [2.75, 3.05) is 11.9 Å². The number of phenols is 1. The van der Waals surface area contributed by atoms with E-state index in [0.29, 0.717) is 24.1 Å². The predicted molar refractivity (Wildman–Crippen MR) is 88.4 cm³/mol.